The second kappa shape index (κ2) is 12.0. The zero-order chi connectivity index (χ0) is 29.1. The highest BCUT2D eigenvalue weighted by Crippen LogP contribution is 2.44. The number of alkyl carbamates (subject to hydrolysis) is 1. The number of ether oxygens (including phenoxy) is 1. The number of amides is 2. The van der Waals surface area contributed by atoms with E-state index >= 15 is 0 Å². The molecule has 1 aliphatic heterocycles. The van der Waals surface area contributed by atoms with Gasteiger partial charge in [-0.3, -0.25) is 9.69 Å². The van der Waals surface area contributed by atoms with Crippen molar-refractivity contribution < 1.29 is 24.2 Å². The van der Waals surface area contributed by atoms with Crippen LogP contribution in [0.4, 0.5) is 4.79 Å². The van der Waals surface area contributed by atoms with E-state index in [4.69, 9.17) is 4.74 Å². The maximum atomic E-state index is 13.2. The molecule has 1 heterocycles. The number of aliphatic carboxylic acids is 1. The third kappa shape index (κ3) is 6.04. The van der Waals surface area contributed by atoms with E-state index in [1.54, 1.807) is 0 Å². The fraction of sp³-hybridized carbons (Fsp3) is 0.382. The van der Waals surface area contributed by atoms with Crippen molar-refractivity contribution >= 4 is 18.0 Å². The number of fused-ring (bicyclic) bond motifs is 3. The lowest BCUT2D eigenvalue weighted by atomic mass is 9.86. The van der Waals surface area contributed by atoms with Crippen molar-refractivity contribution in [2.45, 2.75) is 56.1 Å². The maximum Gasteiger partial charge on any atom is 0.407 e. The molecule has 8 nitrogen and oxygen atoms in total. The van der Waals surface area contributed by atoms with Crippen molar-refractivity contribution in [2.75, 3.05) is 19.7 Å². The fourth-order valence-corrected chi connectivity index (χ4v) is 6.47. The third-order valence-corrected chi connectivity index (χ3v) is 8.99. The number of carbonyl (C=O) groups is 3. The van der Waals surface area contributed by atoms with Crippen molar-refractivity contribution in [3.8, 4) is 11.1 Å². The van der Waals surface area contributed by atoms with Crippen LogP contribution in [0.5, 0.6) is 0 Å². The minimum atomic E-state index is -1.30. The third-order valence-electron chi connectivity index (χ3n) is 8.99. The molecule has 0 radical (unpaired) electrons. The van der Waals surface area contributed by atoms with E-state index in [1.165, 1.54) is 5.56 Å². The molecule has 6 rings (SSSR count). The molecule has 1 unspecified atom stereocenters. The SMILES string of the molecule is O=C(CC(NC(=O)OCC1c2ccccc2-c2ccccc21)C1CC1)NC1(C(=O)O)CCN(Cc2ccccc2)CC1. The molecule has 1 saturated carbocycles. The van der Waals surface area contributed by atoms with E-state index in [9.17, 15) is 19.5 Å². The first-order valence-corrected chi connectivity index (χ1v) is 14.8. The summed E-state index contributed by atoms with van der Waals surface area (Å²) in [6.07, 6.45) is 1.96. The summed E-state index contributed by atoms with van der Waals surface area (Å²) in [7, 11) is 0. The van der Waals surface area contributed by atoms with Crippen molar-refractivity contribution in [3.05, 3.63) is 95.6 Å². The highest BCUT2D eigenvalue weighted by atomic mass is 16.5. The van der Waals surface area contributed by atoms with Crippen LogP contribution >= 0.6 is 0 Å². The van der Waals surface area contributed by atoms with Gasteiger partial charge in [0.25, 0.3) is 0 Å². The van der Waals surface area contributed by atoms with Gasteiger partial charge in [-0.2, -0.15) is 0 Å². The predicted molar refractivity (Wildman–Crippen MR) is 159 cm³/mol. The van der Waals surface area contributed by atoms with Crippen molar-refractivity contribution in [1.82, 2.24) is 15.5 Å². The van der Waals surface area contributed by atoms with Gasteiger partial charge in [-0.25, -0.2) is 9.59 Å². The van der Waals surface area contributed by atoms with Crippen molar-refractivity contribution in [2.24, 2.45) is 5.92 Å². The predicted octanol–water partition coefficient (Wildman–Crippen LogP) is 4.93. The Bertz CT molecular complexity index is 1400. The van der Waals surface area contributed by atoms with E-state index < -0.39 is 23.6 Å². The molecule has 3 aromatic carbocycles. The topological polar surface area (TPSA) is 108 Å². The average Bonchev–Trinajstić information content (AvgIpc) is 3.80. The Hall–Kier alpha value is -4.17. The fourth-order valence-electron chi connectivity index (χ4n) is 6.47. The van der Waals surface area contributed by atoms with Crippen LogP contribution in [0.1, 0.15) is 54.7 Å². The molecule has 1 saturated heterocycles. The Kier molecular flexibility index (Phi) is 7.98. The molecule has 3 N–H and O–H groups in total. The number of carboxylic acid groups (broad SMARTS) is 1. The summed E-state index contributed by atoms with van der Waals surface area (Å²) in [5.41, 5.74) is 4.47. The second-order valence-electron chi connectivity index (χ2n) is 11.8. The van der Waals surface area contributed by atoms with Gasteiger partial charge in [-0.05, 0) is 59.4 Å². The van der Waals surface area contributed by atoms with Gasteiger partial charge in [0.05, 0.1) is 0 Å². The van der Waals surface area contributed by atoms with Crippen LogP contribution < -0.4 is 10.6 Å². The minimum Gasteiger partial charge on any atom is -0.480 e. The zero-order valence-electron chi connectivity index (χ0n) is 23.6. The number of benzene rings is 3. The molecule has 2 aliphatic carbocycles. The molecule has 218 valence electrons. The van der Waals surface area contributed by atoms with Crippen molar-refractivity contribution in [3.63, 3.8) is 0 Å². The van der Waals surface area contributed by atoms with Crippen LogP contribution in [-0.2, 0) is 20.9 Å². The van der Waals surface area contributed by atoms with E-state index in [0.29, 0.717) is 25.9 Å². The Labute approximate surface area is 246 Å². The molecule has 42 heavy (non-hydrogen) atoms. The summed E-state index contributed by atoms with van der Waals surface area (Å²) in [4.78, 5) is 40.7. The molecule has 0 aromatic heterocycles. The lowest BCUT2D eigenvalue weighted by Gasteiger charge is -2.39. The van der Waals surface area contributed by atoms with Gasteiger partial charge in [0.2, 0.25) is 5.91 Å². The molecule has 0 spiro atoms. The van der Waals surface area contributed by atoms with E-state index in [1.807, 2.05) is 42.5 Å². The number of piperidine rings is 1. The molecular weight excluding hydrogens is 530 g/mol. The highest BCUT2D eigenvalue weighted by molar-refractivity contribution is 5.87. The Morgan fingerprint density at radius 1 is 0.881 bits per heavy atom. The van der Waals surface area contributed by atoms with Gasteiger partial charge < -0.3 is 20.5 Å². The van der Waals surface area contributed by atoms with Gasteiger partial charge in [-0.15, -0.1) is 0 Å². The van der Waals surface area contributed by atoms with Gasteiger partial charge in [0.15, 0.2) is 0 Å². The number of carbonyl (C=O) groups excluding carboxylic acids is 2. The number of hydrogen-bond donors (Lipinski definition) is 3. The maximum absolute atomic E-state index is 13.2. The summed E-state index contributed by atoms with van der Waals surface area (Å²) in [5, 5.41) is 15.9. The first kappa shape index (κ1) is 28.0. The highest BCUT2D eigenvalue weighted by Gasteiger charge is 2.44. The van der Waals surface area contributed by atoms with E-state index in [0.717, 1.165) is 41.6 Å². The molecule has 0 bridgehead atoms. The van der Waals surface area contributed by atoms with Gasteiger partial charge in [-0.1, -0.05) is 78.9 Å². The summed E-state index contributed by atoms with van der Waals surface area (Å²) < 4.78 is 5.72. The molecular formula is C34H37N3O5. The quantitative estimate of drug-likeness (QED) is 0.321. The van der Waals surface area contributed by atoms with Crippen LogP contribution in [0, 0.1) is 5.92 Å². The van der Waals surface area contributed by atoms with Crippen LogP contribution in [0.3, 0.4) is 0 Å². The molecule has 2 amide bonds. The number of nitrogens with one attached hydrogen (secondary N) is 2. The lowest BCUT2D eigenvalue weighted by molar-refractivity contribution is -0.150. The van der Waals surface area contributed by atoms with Crippen LogP contribution in [0.2, 0.25) is 0 Å². The molecule has 3 aromatic rings. The van der Waals surface area contributed by atoms with Crippen LogP contribution in [0.25, 0.3) is 11.1 Å². The van der Waals surface area contributed by atoms with Gasteiger partial charge in [0, 0.05) is 38.0 Å². The van der Waals surface area contributed by atoms with E-state index in [2.05, 4.69) is 51.9 Å². The monoisotopic (exact) mass is 567 g/mol. The number of nitrogens with zero attached hydrogens (tertiary/aromatic N) is 1. The number of hydrogen-bond acceptors (Lipinski definition) is 5. The lowest BCUT2D eigenvalue weighted by Crippen LogP contribution is -2.60. The number of likely N-dealkylation sites (tertiary alicyclic amines) is 1. The van der Waals surface area contributed by atoms with Crippen LogP contribution in [-0.4, -0.2) is 59.3 Å². The summed E-state index contributed by atoms with van der Waals surface area (Å²) >= 11 is 0. The Morgan fingerprint density at radius 2 is 1.48 bits per heavy atom. The van der Waals surface area contributed by atoms with Gasteiger partial charge in [0.1, 0.15) is 12.1 Å². The minimum absolute atomic E-state index is 0.0254. The smallest absolute Gasteiger partial charge is 0.407 e. The first-order chi connectivity index (χ1) is 20.4. The summed E-state index contributed by atoms with van der Waals surface area (Å²) in [5.74, 6) is -1.23. The Morgan fingerprint density at radius 3 is 2.07 bits per heavy atom. The Balaban J connectivity index is 1.03. The van der Waals surface area contributed by atoms with Crippen molar-refractivity contribution in [1.29, 1.82) is 0 Å². The average molecular weight is 568 g/mol. The summed E-state index contributed by atoms with van der Waals surface area (Å²) in [6.45, 7) is 2.10. The van der Waals surface area contributed by atoms with Crippen LogP contribution in [0.15, 0.2) is 78.9 Å². The van der Waals surface area contributed by atoms with E-state index in [-0.39, 0.29) is 30.8 Å². The number of carboxylic acids is 1. The second-order valence-corrected chi connectivity index (χ2v) is 11.8. The molecule has 8 heteroatoms. The number of rotatable bonds is 10. The normalized spacial score (nSPS) is 18.4. The molecule has 3 aliphatic rings. The van der Waals surface area contributed by atoms with Gasteiger partial charge >= 0.3 is 12.1 Å². The first-order valence-electron chi connectivity index (χ1n) is 14.8. The largest absolute Gasteiger partial charge is 0.480 e. The molecule has 2 fully saturated rings. The zero-order valence-corrected chi connectivity index (χ0v) is 23.6. The molecule has 1 atom stereocenters. The standard InChI is InChI=1S/C34H37N3O5/c38-31(36-34(32(39)40)16-18-37(19-17-34)21-23-8-2-1-3-9-23)20-30(24-14-15-24)35-33(41)42-22-29-27-12-6-4-10-25(27)26-11-5-7-13-28(26)29/h1-13,24,29-30H,14-22H2,(H,35,41)(H,36,38)(H,39,40). The summed E-state index contributed by atoms with van der Waals surface area (Å²) in [6, 6.07) is 26.0.